The predicted octanol–water partition coefficient (Wildman–Crippen LogP) is 2.23. The van der Waals surface area contributed by atoms with Gasteiger partial charge in [0.25, 0.3) is 5.91 Å². The summed E-state index contributed by atoms with van der Waals surface area (Å²) < 4.78 is 16.8. The number of aromatic nitrogens is 2. The van der Waals surface area contributed by atoms with Gasteiger partial charge in [0.05, 0.1) is 63.5 Å². The zero-order valence-electron chi connectivity index (χ0n) is 19.4. The summed E-state index contributed by atoms with van der Waals surface area (Å²) in [5.74, 6) is 1.11. The molecule has 0 atom stereocenters. The van der Waals surface area contributed by atoms with Crippen molar-refractivity contribution in [3.8, 4) is 11.5 Å². The van der Waals surface area contributed by atoms with Crippen molar-refractivity contribution in [1.29, 1.82) is 0 Å². The number of methoxy groups -OCH3 is 2. The van der Waals surface area contributed by atoms with Crippen molar-refractivity contribution in [3.63, 3.8) is 0 Å². The maximum absolute atomic E-state index is 13.1. The molecule has 0 bridgehead atoms. The summed E-state index contributed by atoms with van der Waals surface area (Å²) in [7, 11) is 3.12. The van der Waals surface area contributed by atoms with Gasteiger partial charge in [-0.15, -0.1) is 0 Å². The van der Waals surface area contributed by atoms with Crippen LogP contribution in [-0.2, 0) is 16.1 Å². The van der Waals surface area contributed by atoms with Crippen LogP contribution in [0.4, 0.5) is 0 Å². The normalized spacial score (nSPS) is 18.2. The Labute approximate surface area is 193 Å². The lowest BCUT2D eigenvalue weighted by molar-refractivity contribution is -0.132. The number of hydrogen-bond acceptors (Lipinski definition) is 7. The molecule has 2 aliphatic rings. The van der Waals surface area contributed by atoms with Gasteiger partial charge >= 0.3 is 0 Å². The highest BCUT2D eigenvalue weighted by molar-refractivity contribution is 5.95. The van der Waals surface area contributed by atoms with Crippen molar-refractivity contribution < 1.29 is 23.8 Å². The monoisotopic (exact) mass is 454 g/mol. The van der Waals surface area contributed by atoms with E-state index in [1.54, 1.807) is 44.8 Å². The van der Waals surface area contributed by atoms with Gasteiger partial charge in [0, 0.05) is 24.8 Å². The lowest BCUT2D eigenvalue weighted by atomic mass is 9.90. The minimum Gasteiger partial charge on any atom is -0.493 e. The summed E-state index contributed by atoms with van der Waals surface area (Å²) in [6, 6.07) is 5.19. The summed E-state index contributed by atoms with van der Waals surface area (Å²) in [5.41, 5.74) is 1.69. The topological polar surface area (TPSA) is 94.1 Å². The average molecular weight is 455 g/mol. The van der Waals surface area contributed by atoms with Crippen molar-refractivity contribution in [1.82, 2.24) is 19.8 Å². The molecule has 2 aliphatic heterocycles. The summed E-state index contributed by atoms with van der Waals surface area (Å²) in [5, 5.41) is 0. The Bertz CT molecular complexity index is 1000. The molecule has 2 aromatic rings. The van der Waals surface area contributed by atoms with Crippen LogP contribution in [0.25, 0.3) is 0 Å². The Morgan fingerprint density at radius 2 is 1.88 bits per heavy atom. The number of amides is 2. The lowest BCUT2D eigenvalue weighted by Gasteiger charge is -2.42. The molecule has 33 heavy (non-hydrogen) atoms. The van der Waals surface area contributed by atoms with Crippen molar-refractivity contribution in [2.24, 2.45) is 0 Å². The highest BCUT2D eigenvalue weighted by Crippen LogP contribution is 2.32. The molecular weight excluding hydrogens is 424 g/mol. The van der Waals surface area contributed by atoms with Crippen LogP contribution >= 0.6 is 0 Å². The van der Waals surface area contributed by atoms with E-state index in [1.807, 2.05) is 16.7 Å². The Morgan fingerprint density at radius 3 is 2.55 bits per heavy atom. The van der Waals surface area contributed by atoms with Crippen LogP contribution in [0, 0.1) is 6.92 Å². The summed E-state index contributed by atoms with van der Waals surface area (Å²) in [6.45, 7) is 4.27. The van der Waals surface area contributed by atoms with Gasteiger partial charge in [0.2, 0.25) is 5.91 Å². The van der Waals surface area contributed by atoms with E-state index in [0.29, 0.717) is 69.1 Å². The number of ether oxygens (including phenoxy) is 3. The molecule has 9 heteroatoms. The fourth-order valence-electron chi connectivity index (χ4n) is 4.41. The molecule has 0 saturated carbocycles. The van der Waals surface area contributed by atoms with Gasteiger partial charge in [-0.1, -0.05) is 0 Å². The van der Waals surface area contributed by atoms with E-state index >= 15 is 0 Å². The number of piperidine rings is 1. The van der Waals surface area contributed by atoms with Crippen LogP contribution in [-0.4, -0.2) is 77.6 Å². The molecule has 3 heterocycles. The Balaban J connectivity index is 1.43. The highest BCUT2D eigenvalue weighted by atomic mass is 16.5. The van der Waals surface area contributed by atoms with Crippen molar-refractivity contribution >= 4 is 11.8 Å². The minimum atomic E-state index is -0.460. The van der Waals surface area contributed by atoms with Crippen molar-refractivity contribution in [2.75, 3.05) is 40.5 Å². The number of hydrogen-bond donors (Lipinski definition) is 0. The Kier molecular flexibility index (Phi) is 6.78. The highest BCUT2D eigenvalue weighted by Gasteiger charge is 2.41. The van der Waals surface area contributed by atoms with Crippen LogP contribution in [0.1, 0.15) is 41.0 Å². The van der Waals surface area contributed by atoms with E-state index in [2.05, 4.69) is 9.97 Å². The van der Waals surface area contributed by atoms with Crippen LogP contribution in [0.3, 0.4) is 0 Å². The van der Waals surface area contributed by atoms with E-state index in [1.165, 1.54) is 0 Å². The third-order valence-corrected chi connectivity index (χ3v) is 6.34. The first-order valence-electron chi connectivity index (χ1n) is 11.1. The molecule has 0 N–H and O–H groups in total. The summed E-state index contributed by atoms with van der Waals surface area (Å²) in [4.78, 5) is 38.1. The third kappa shape index (κ3) is 5.08. The Morgan fingerprint density at radius 1 is 1.12 bits per heavy atom. The molecule has 2 fully saturated rings. The molecule has 1 aromatic heterocycles. The van der Waals surface area contributed by atoms with Gasteiger partial charge in [-0.2, -0.15) is 0 Å². The summed E-state index contributed by atoms with van der Waals surface area (Å²) >= 11 is 0. The SMILES string of the molecule is COc1ccc(C(=O)N2CCC3(CC2)CN(Cc2cnc(C)cn2)C(=O)CCO3)cc1OC. The maximum atomic E-state index is 13.1. The van der Waals surface area contributed by atoms with E-state index in [4.69, 9.17) is 14.2 Å². The fraction of sp³-hybridized carbons (Fsp3) is 0.500. The first-order chi connectivity index (χ1) is 15.9. The second kappa shape index (κ2) is 9.74. The van der Waals surface area contributed by atoms with Crippen LogP contribution in [0.5, 0.6) is 11.5 Å². The predicted molar refractivity (Wildman–Crippen MR) is 120 cm³/mol. The van der Waals surface area contributed by atoms with Gasteiger partial charge in [-0.25, -0.2) is 0 Å². The van der Waals surface area contributed by atoms with Crippen LogP contribution in [0.15, 0.2) is 30.6 Å². The molecule has 176 valence electrons. The zero-order valence-corrected chi connectivity index (χ0v) is 19.4. The first-order valence-corrected chi connectivity index (χ1v) is 11.1. The average Bonchev–Trinajstić information content (AvgIpc) is 2.98. The standard InChI is InChI=1S/C24H30N4O5/c1-17-13-26-19(14-25-17)15-28-16-24(33-11-6-22(28)29)7-9-27(10-8-24)23(30)18-4-5-20(31-2)21(12-18)32-3/h4-5,12-14H,6-11,15-16H2,1-3H3. The molecule has 2 amide bonds. The molecule has 0 radical (unpaired) electrons. The number of carbonyl (C=O) groups is 2. The number of aryl methyl sites for hydroxylation is 1. The largest absolute Gasteiger partial charge is 0.493 e. The minimum absolute atomic E-state index is 0.0534. The number of carbonyl (C=O) groups excluding carboxylic acids is 2. The van der Waals surface area contributed by atoms with Crippen molar-refractivity contribution in [3.05, 3.63) is 47.5 Å². The van der Waals surface area contributed by atoms with Gasteiger partial charge < -0.3 is 24.0 Å². The lowest BCUT2D eigenvalue weighted by Crippen LogP contribution is -2.53. The number of likely N-dealkylation sites (tertiary alicyclic amines) is 1. The second-order valence-electron chi connectivity index (χ2n) is 8.54. The van der Waals surface area contributed by atoms with E-state index < -0.39 is 5.60 Å². The molecule has 1 aromatic carbocycles. The molecular formula is C24H30N4O5. The number of rotatable bonds is 5. The number of nitrogens with zero attached hydrogens (tertiary/aromatic N) is 4. The molecule has 2 saturated heterocycles. The van der Waals surface area contributed by atoms with Crippen molar-refractivity contribution in [2.45, 2.75) is 38.3 Å². The fourth-order valence-corrected chi connectivity index (χ4v) is 4.41. The zero-order chi connectivity index (χ0) is 23.4. The van der Waals surface area contributed by atoms with Crippen LogP contribution < -0.4 is 9.47 Å². The molecule has 0 aliphatic carbocycles. The van der Waals surface area contributed by atoms with Gasteiger partial charge in [0.1, 0.15) is 0 Å². The quantitative estimate of drug-likeness (QED) is 0.684. The van der Waals surface area contributed by atoms with Gasteiger partial charge in [-0.05, 0) is 38.0 Å². The Hall–Kier alpha value is -3.20. The molecule has 0 unspecified atom stereocenters. The maximum Gasteiger partial charge on any atom is 0.253 e. The third-order valence-electron chi connectivity index (χ3n) is 6.34. The van der Waals surface area contributed by atoms with E-state index in [0.717, 1.165) is 11.4 Å². The molecule has 4 rings (SSSR count). The van der Waals surface area contributed by atoms with Gasteiger partial charge in [-0.3, -0.25) is 19.6 Å². The summed E-state index contributed by atoms with van der Waals surface area (Å²) in [6.07, 6.45) is 5.09. The van der Waals surface area contributed by atoms with Crippen LogP contribution in [0.2, 0.25) is 0 Å². The number of benzene rings is 1. The molecule has 9 nitrogen and oxygen atoms in total. The first kappa shape index (κ1) is 23.0. The van der Waals surface area contributed by atoms with E-state index in [9.17, 15) is 9.59 Å². The van der Waals surface area contributed by atoms with E-state index in [-0.39, 0.29) is 11.8 Å². The smallest absolute Gasteiger partial charge is 0.253 e. The second-order valence-corrected chi connectivity index (χ2v) is 8.54. The van der Waals surface area contributed by atoms with Gasteiger partial charge in [0.15, 0.2) is 11.5 Å². The molecule has 1 spiro atoms.